The van der Waals surface area contributed by atoms with E-state index in [1.54, 1.807) is 0 Å². The van der Waals surface area contributed by atoms with Crippen molar-refractivity contribution in [2.24, 2.45) is 5.73 Å². The molecule has 0 aromatic heterocycles. The van der Waals surface area contributed by atoms with Crippen LogP contribution in [0.4, 0.5) is 10.1 Å². The number of aliphatic hydroxyl groups excluding tert-OH is 1. The molecule has 0 amide bonds. The van der Waals surface area contributed by atoms with E-state index in [4.69, 9.17) is 10.8 Å². The van der Waals surface area contributed by atoms with E-state index in [1.165, 1.54) is 6.92 Å². The Kier molecular flexibility index (Phi) is 5.29. The first kappa shape index (κ1) is 14.8. The third kappa shape index (κ3) is 3.13. The zero-order valence-electron chi connectivity index (χ0n) is 8.46. The summed E-state index contributed by atoms with van der Waals surface area (Å²) in [7, 11) is 0. The normalized spacial score (nSPS) is 13.8. The van der Waals surface area contributed by atoms with E-state index in [1.807, 2.05) is 0 Å². The van der Waals surface area contributed by atoms with Crippen molar-refractivity contribution in [2.45, 2.75) is 19.1 Å². The summed E-state index contributed by atoms with van der Waals surface area (Å²) in [6.07, 6.45) is -0.971. The number of nitrogens with zero attached hydrogens (tertiary/aromatic N) is 1. The van der Waals surface area contributed by atoms with Gasteiger partial charge in [0.1, 0.15) is 5.82 Å². The van der Waals surface area contributed by atoms with Crippen LogP contribution in [0.15, 0.2) is 18.2 Å². The van der Waals surface area contributed by atoms with Gasteiger partial charge in [-0.3, -0.25) is 10.1 Å². The van der Waals surface area contributed by atoms with Crippen LogP contribution in [-0.4, -0.2) is 16.1 Å². The molecule has 1 aromatic carbocycles. The number of nitrogens with two attached hydrogens (primary N) is 1. The second-order valence-electron chi connectivity index (χ2n) is 3.23. The van der Waals surface area contributed by atoms with Crippen LogP contribution in [-0.2, 0) is 0 Å². The minimum absolute atomic E-state index is 0. The predicted molar refractivity (Wildman–Crippen MR) is 58.9 cm³/mol. The van der Waals surface area contributed by atoms with Crippen molar-refractivity contribution in [3.63, 3.8) is 0 Å². The van der Waals surface area contributed by atoms with Crippen LogP contribution in [0, 0.1) is 15.9 Å². The fourth-order valence-corrected chi connectivity index (χ4v) is 1.16. The van der Waals surface area contributed by atoms with Gasteiger partial charge in [-0.2, -0.15) is 0 Å². The lowest BCUT2D eigenvalue weighted by Gasteiger charge is -2.15. The summed E-state index contributed by atoms with van der Waals surface area (Å²) in [5, 5.41) is 19.6. The average Bonchev–Trinajstić information content (AvgIpc) is 2.16. The topological polar surface area (TPSA) is 89.4 Å². The highest BCUT2D eigenvalue weighted by atomic mass is 35.5. The molecule has 90 valence electrons. The molecule has 0 aliphatic heterocycles. The first-order valence-electron chi connectivity index (χ1n) is 4.31. The van der Waals surface area contributed by atoms with Gasteiger partial charge in [-0.25, -0.2) is 4.39 Å². The Morgan fingerprint density at radius 3 is 2.56 bits per heavy atom. The van der Waals surface area contributed by atoms with Crippen LogP contribution in [0.3, 0.4) is 0 Å². The van der Waals surface area contributed by atoms with Gasteiger partial charge in [-0.1, -0.05) is 0 Å². The Morgan fingerprint density at radius 1 is 1.56 bits per heavy atom. The van der Waals surface area contributed by atoms with Crippen molar-refractivity contribution in [2.75, 3.05) is 0 Å². The number of hydrogen-bond donors (Lipinski definition) is 2. The summed E-state index contributed by atoms with van der Waals surface area (Å²) < 4.78 is 13.2. The molecule has 0 unspecified atom stereocenters. The van der Waals surface area contributed by atoms with Gasteiger partial charge in [0, 0.05) is 17.7 Å². The Labute approximate surface area is 97.6 Å². The van der Waals surface area contributed by atoms with E-state index in [-0.39, 0.29) is 23.7 Å². The van der Waals surface area contributed by atoms with Gasteiger partial charge in [0.05, 0.1) is 17.1 Å². The van der Waals surface area contributed by atoms with Crippen molar-refractivity contribution < 1.29 is 14.4 Å². The number of hydrogen-bond acceptors (Lipinski definition) is 4. The number of halogens is 2. The molecule has 0 radical (unpaired) electrons. The van der Waals surface area contributed by atoms with Gasteiger partial charge in [0.15, 0.2) is 0 Å². The highest BCUT2D eigenvalue weighted by Crippen LogP contribution is 2.23. The summed E-state index contributed by atoms with van der Waals surface area (Å²) in [5.74, 6) is -0.658. The van der Waals surface area contributed by atoms with Gasteiger partial charge in [0.25, 0.3) is 5.69 Å². The lowest BCUT2D eigenvalue weighted by Crippen LogP contribution is -2.24. The SMILES string of the molecule is C[C@@H](O)[C@@H](N)c1cc([N+](=O)[O-])ccc1F.Cl. The number of non-ortho nitro benzene ring substituents is 1. The van der Waals surface area contributed by atoms with Crippen molar-refractivity contribution in [1.82, 2.24) is 0 Å². The zero-order valence-corrected chi connectivity index (χ0v) is 9.28. The number of rotatable bonds is 3. The molecule has 1 rings (SSSR count). The third-order valence-electron chi connectivity index (χ3n) is 2.07. The fraction of sp³-hybridized carbons (Fsp3) is 0.333. The maximum atomic E-state index is 13.2. The van der Waals surface area contributed by atoms with E-state index in [2.05, 4.69) is 0 Å². The van der Waals surface area contributed by atoms with Gasteiger partial charge in [0.2, 0.25) is 0 Å². The summed E-state index contributed by atoms with van der Waals surface area (Å²) in [4.78, 5) is 9.80. The minimum atomic E-state index is -0.971. The summed E-state index contributed by atoms with van der Waals surface area (Å²) in [5.41, 5.74) is 5.19. The van der Waals surface area contributed by atoms with Crippen molar-refractivity contribution in [1.29, 1.82) is 0 Å². The first-order chi connectivity index (χ1) is 6.93. The second kappa shape index (κ2) is 5.74. The lowest BCUT2D eigenvalue weighted by atomic mass is 10.0. The average molecular weight is 251 g/mol. The number of nitro benzene ring substituents is 1. The van der Waals surface area contributed by atoms with Crippen LogP contribution >= 0.6 is 12.4 Å². The Balaban J connectivity index is 0.00000225. The zero-order chi connectivity index (χ0) is 11.6. The van der Waals surface area contributed by atoms with Crippen LogP contribution in [0.5, 0.6) is 0 Å². The molecule has 0 aliphatic carbocycles. The van der Waals surface area contributed by atoms with E-state index in [9.17, 15) is 14.5 Å². The Bertz CT molecular complexity index is 387. The lowest BCUT2D eigenvalue weighted by molar-refractivity contribution is -0.385. The highest BCUT2D eigenvalue weighted by molar-refractivity contribution is 5.85. The van der Waals surface area contributed by atoms with Crippen LogP contribution in [0.25, 0.3) is 0 Å². The molecule has 1 aromatic rings. The van der Waals surface area contributed by atoms with E-state index in [0.29, 0.717) is 0 Å². The van der Waals surface area contributed by atoms with Crippen molar-refractivity contribution in [3.05, 3.63) is 39.7 Å². The highest BCUT2D eigenvalue weighted by Gasteiger charge is 2.19. The van der Waals surface area contributed by atoms with Crippen molar-refractivity contribution >= 4 is 18.1 Å². The molecule has 2 atom stereocenters. The van der Waals surface area contributed by atoms with Crippen LogP contribution in [0.1, 0.15) is 18.5 Å². The maximum absolute atomic E-state index is 13.2. The monoisotopic (exact) mass is 250 g/mol. The molecular weight excluding hydrogens is 239 g/mol. The second-order valence-corrected chi connectivity index (χ2v) is 3.23. The minimum Gasteiger partial charge on any atom is -0.391 e. The van der Waals surface area contributed by atoms with E-state index in [0.717, 1.165) is 18.2 Å². The van der Waals surface area contributed by atoms with Gasteiger partial charge in [-0.15, -0.1) is 12.4 Å². The third-order valence-corrected chi connectivity index (χ3v) is 2.07. The molecule has 0 saturated heterocycles. The molecule has 0 saturated carbocycles. The van der Waals surface area contributed by atoms with Gasteiger partial charge in [-0.05, 0) is 13.0 Å². The number of aliphatic hydroxyl groups is 1. The molecular formula is C9H12ClFN2O3. The van der Waals surface area contributed by atoms with Crippen molar-refractivity contribution in [3.8, 4) is 0 Å². The Hall–Kier alpha value is -1.24. The fourth-order valence-electron chi connectivity index (χ4n) is 1.16. The molecule has 0 bridgehead atoms. The number of benzene rings is 1. The molecule has 0 aliphatic rings. The molecule has 0 heterocycles. The summed E-state index contributed by atoms with van der Waals surface area (Å²) >= 11 is 0. The van der Waals surface area contributed by atoms with Gasteiger partial charge < -0.3 is 10.8 Å². The molecule has 0 spiro atoms. The van der Waals surface area contributed by atoms with Crippen LogP contribution < -0.4 is 5.73 Å². The maximum Gasteiger partial charge on any atom is 0.269 e. The summed E-state index contributed by atoms with van der Waals surface area (Å²) in [6.45, 7) is 1.39. The van der Waals surface area contributed by atoms with Crippen LogP contribution in [0.2, 0.25) is 0 Å². The smallest absolute Gasteiger partial charge is 0.269 e. The van der Waals surface area contributed by atoms with E-state index >= 15 is 0 Å². The molecule has 3 N–H and O–H groups in total. The quantitative estimate of drug-likeness (QED) is 0.629. The largest absolute Gasteiger partial charge is 0.391 e. The molecule has 0 fully saturated rings. The Morgan fingerprint density at radius 2 is 2.12 bits per heavy atom. The molecule has 7 heteroatoms. The first-order valence-corrected chi connectivity index (χ1v) is 4.31. The predicted octanol–water partition coefficient (Wildman–Crippen LogP) is 1.54. The number of nitro groups is 1. The molecule has 16 heavy (non-hydrogen) atoms. The molecule has 5 nitrogen and oxygen atoms in total. The summed E-state index contributed by atoms with van der Waals surface area (Å²) in [6, 6.07) is 2.08. The van der Waals surface area contributed by atoms with Gasteiger partial charge >= 0.3 is 0 Å². The van der Waals surface area contributed by atoms with E-state index < -0.39 is 22.9 Å². The standard InChI is InChI=1S/C9H11FN2O3.ClH/c1-5(13)9(11)7-4-6(12(14)15)2-3-8(7)10;/h2-5,9,13H,11H2,1H3;1H/t5-,9-;/m1./s1.